The van der Waals surface area contributed by atoms with Crippen LogP contribution in [0.5, 0.6) is 0 Å². The van der Waals surface area contributed by atoms with Crippen LogP contribution in [0, 0.1) is 17.8 Å². The van der Waals surface area contributed by atoms with Crippen LogP contribution in [0.4, 0.5) is 5.69 Å². The van der Waals surface area contributed by atoms with Crippen molar-refractivity contribution in [1.29, 1.82) is 0 Å². The van der Waals surface area contributed by atoms with E-state index in [1.807, 2.05) is 0 Å². The molecule has 1 radical (unpaired) electrons. The normalized spacial score (nSPS) is 26.8. The third-order valence-electron chi connectivity index (χ3n) is 7.01. The van der Waals surface area contributed by atoms with Crippen LogP contribution in [-0.2, 0) is 22.1 Å². The van der Waals surface area contributed by atoms with E-state index in [0.29, 0.717) is 22.9 Å². The smallest absolute Gasteiger partial charge is 0.688 e. The van der Waals surface area contributed by atoms with Crippen LogP contribution < -0.4 is 0 Å². The van der Waals surface area contributed by atoms with E-state index >= 15 is 0 Å². The van der Waals surface area contributed by atoms with Gasteiger partial charge >= 0.3 is 17.4 Å². The molecular formula is C26H47CrN2OSi2. The van der Waals surface area contributed by atoms with E-state index in [0.717, 1.165) is 18.9 Å². The average Bonchev–Trinajstić information content (AvgIpc) is 3.25. The molecule has 4 atom stereocenters. The Labute approximate surface area is 212 Å². The summed E-state index contributed by atoms with van der Waals surface area (Å²) in [6.45, 7) is 26.0. The summed E-state index contributed by atoms with van der Waals surface area (Å²) in [4.78, 5) is 10.7. The van der Waals surface area contributed by atoms with E-state index in [1.54, 1.807) is 5.92 Å². The Morgan fingerprint density at radius 1 is 0.875 bits per heavy atom. The third kappa shape index (κ3) is 8.00. The number of rotatable bonds is 5. The van der Waals surface area contributed by atoms with Crippen LogP contribution in [0.25, 0.3) is 9.96 Å². The molecule has 1 saturated carbocycles. The van der Waals surface area contributed by atoms with Gasteiger partial charge in [-0.05, 0) is 12.8 Å². The molecule has 181 valence electrons. The van der Waals surface area contributed by atoms with Crippen LogP contribution in [0.3, 0.4) is 0 Å². The van der Waals surface area contributed by atoms with Crippen LogP contribution in [0.2, 0.25) is 37.3 Å². The summed E-state index contributed by atoms with van der Waals surface area (Å²) in [5.74, 6) is 3.09. The fourth-order valence-corrected chi connectivity index (χ4v) is 15.1. The van der Waals surface area contributed by atoms with Crippen molar-refractivity contribution in [3.63, 3.8) is 0 Å². The Morgan fingerprint density at radius 3 is 1.75 bits per heavy atom. The second-order valence-corrected chi connectivity index (χ2v) is 20.1. The van der Waals surface area contributed by atoms with Gasteiger partial charge in [-0.1, -0.05) is 119 Å². The Morgan fingerprint density at radius 2 is 1.34 bits per heavy atom. The molecule has 0 amide bonds. The molecule has 3 rings (SSSR count). The summed E-state index contributed by atoms with van der Waals surface area (Å²) in [5.41, 5.74) is 2.51. The zero-order chi connectivity index (χ0) is 23.4. The SMILES string of the molecule is C1CCOC1.C[C-]1C([Si](C)(C)[N-]c2ccccc2)C(C)C(C)C1[Si](C)(C)[N-]C(C)(C)C.[Cr+3]. The molecule has 6 heteroatoms. The average molecular weight is 512 g/mol. The van der Waals surface area contributed by atoms with Gasteiger partial charge in [0.15, 0.2) is 0 Å². The summed E-state index contributed by atoms with van der Waals surface area (Å²) in [5, 5.41) is 0. The van der Waals surface area contributed by atoms with Crippen molar-refractivity contribution in [3.8, 4) is 0 Å². The van der Waals surface area contributed by atoms with Gasteiger partial charge in [0.2, 0.25) is 0 Å². The topological polar surface area (TPSA) is 37.4 Å². The maximum atomic E-state index is 5.36. The first-order valence-corrected chi connectivity index (χ1v) is 18.2. The Bertz CT molecular complexity index is 667. The van der Waals surface area contributed by atoms with Gasteiger partial charge in [0.1, 0.15) is 0 Å². The molecule has 1 aliphatic carbocycles. The fourth-order valence-electron chi connectivity index (χ4n) is 6.38. The summed E-state index contributed by atoms with van der Waals surface area (Å²) >= 11 is 0. The molecule has 3 nitrogen and oxygen atoms in total. The van der Waals surface area contributed by atoms with Gasteiger partial charge in [0.05, 0.1) is 0 Å². The zero-order valence-corrected chi connectivity index (χ0v) is 25.5. The van der Waals surface area contributed by atoms with Gasteiger partial charge < -0.3 is 20.6 Å². The monoisotopic (exact) mass is 511 g/mol. The number of hydrogen-bond acceptors (Lipinski definition) is 1. The summed E-state index contributed by atoms with van der Waals surface area (Å²) in [7, 11) is -3.51. The molecule has 1 heterocycles. The summed E-state index contributed by atoms with van der Waals surface area (Å²) in [6, 6.07) is 10.6. The first-order valence-electron chi connectivity index (χ1n) is 12.2. The largest absolute Gasteiger partial charge is 3.00 e. The molecule has 1 saturated heterocycles. The number of ether oxygens (including phenoxy) is 1. The summed E-state index contributed by atoms with van der Waals surface area (Å²) in [6.07, 6.45) is 2.56. The first kappa shape index (κ1) is 29.9. The quantitative estimate of drug-likeness (QED) is 0.288. The molecule has 0 N–H and O–H groups in total. The van der Waals surface area contributed by atoms with Gasteiger partial charge in [-0.25, -0.2) is 0 Å². The minimum Gasteiger partial charge on any atom is -0.688 e. The molecule has 32 heavy (non-hydrogen) atoms. The van der Waals surface area contributed by atoms with Crippen LogP contribution in [-0.4, -0.2) is 35.2 Å². The fraction of sp³-hybridized carbons (Fsp3) is 0.731. The zero-order valence-electron chi connectivity index (χ0n) is 22.2. The van der Waals surface area contributed by atoms with E-state index < -0.39 is 16.5 Å². The van der Waals surface area contributed by atoms with E-state index in [9.17, 15) is 0 Å². The molecular weight excluding hydrogens is 464 g/mol. The van der Waals surface area contributed by atoms with E-state index in [2.05, 4.69) is 98.1 Å². The minimum absolute atomic E-state index is 0. The molecule has 4 unspecified atom stereocenters. The van der Waals surface area contributed by atoms with Crippen molar-refractivity contribution < 1.29 is 22.1 Å². The second-order valence-electron chi connectivity index (χ2n) is 11.8. The van der Waals surface area contributed by atoms with Crippen molar-refractivity contribution in [1.82, 2.24) is 0 Å². The van der Waals surface area contributed by atoms with Gasteiger partial charge in [0.25, 0.3) is 0 Å². The van der Waals surface area contributed by atoms with Crippen LogP contribution >= 0.6 is 0 Å². The first-order chi connectivity index (χ1) is 14.3. The maximum Gasteiger partial charge on any atom is 3.00 e. The predicted molar refractivity (Wildman–Crippen MR) is 142 cm³/mol. The van der Waals surface area contributed by atoms with E-state index in [1.165, 1.54) is 12.8 Å². The van der Waals surface area contributed by atoms with Crippen molar-refractivity contribution in [2.45, 2.75) is 97.2 Å². The molecule has 0 bridgehead atoms. The van der Waals surface area contributed by atoms with Gasteiger partial charge in [-0.2, -0.15) is 18.0 Å². The molecule has 1 aliphatic heterocycles. The third-order valence-corrected chi connectivity index (χ3v) is 14.1. The Kier molecular flexibility index (Phi) is 11.3. The minimum atomic E-state index is -1.79. The number of nitrogens with zero attached hydrogens (tertiary/aromatic N) is 2. The van der Waals surface area contributed by atoms with Gasteiger partial charge in [-0.3, -0.25) is 0 Å². The standard InChI is InChI=1S/C22H39N2Si2.C4H8O.Cr/c1-16-17(2)21(26(9,10)24-22(4,5)6)18(3)20(16)25(7,8)23-19-14-12-11-13-15-19;1-2-4-5-3-1;/h11-17,20-21H,1-10H3;1-4H2;/q-3;;+3. The van der Waals surface area contributed by atoms with Gasteiger partial charge in [0, 0.05) is 13.2 Å². The molecule has 2 aliphatic rings. The van der Waals surface area contributed by atoms with Crippen LogP contribution in [0.1, 0.15) is 54.4 Å². The van der Waals surface area contributed by atoms with E-state index in [4.69, 9.17) is 14.7 Å². The summed E-state index contributed by atoms with van der Waals surface area (Å²) < 4.78 is 4.94. The van der Waals surface area contributed by atoms with Crippen molar-refractivity contribution in [2.24, 2.45) is 11.8 Å². The second kappa shape index (κ2) is 12.0. The predicted octanol–water partition coefficient (Wildman–Crippen LogP) is 8.69. The molecule has 2 fully saturated rings. The number of hydrogen-bond donors (Lipinski definition) is 0. The van der Waals surface area contributed by atoms with Gasteiger partial charge in [-0.15, -0.1) is 11.2 Å². The molecule has 0 aromatic heterocycles. The number of benzene rings is 1. The molecule has 0 spiro atoms. The van der Waals surface area contributed by atoms with Crippen molar-refractivity contribution in [3.05, 3.63) is 46.2 Å². The Balaban J connectivity index is 0.000000750. The van der Waals surface area contributed by atoms with Crippen molar-refractivity contribution in [2.75, 3.05) is 13.2 Å². The maximum absolute atomic E-state index is 5.36. The van der Waals surface area contributed by atoms with E-state index in [-0.39, 0.29) is 22.9 Å². The van der Waals surface area contributed by atoms with Crippen molar-refractivity contribution >= 4 is 22.2 Å². The molecule has 1 aromatic carbocycles. The Hall–Kier alpha value is -0.0938. The molecule has 1 aromatic rings. The van der Waals surface area contributed by atoms with Crippen LogP contribution in [0.15, 0.2) is 30.3 Å².